The maximum absolute atomic E-state index is 12.7. The van der Waals surface area contributed by atoms with Gasteiger partial charge in [0.25, 0.3) is 11.1 Å². The molecule has 3 rings (SSSR count). The minimum Gasteiger partial charge on any atom is -0.488 e. The molecule has 1 aromatic carbocycles. The van der Waals surface area contributed by atoms with Gasteiger partial charge in [0.2, 0.25) is 5.91 Å². The number of carbonyl (C=O) groups excluding carboxylic acids is 3. The first-order valence-corrected chi connectivity index (χ1v) is 10.7. The molecule has 0 radical (unpaired) electrons. The summed E-state index contributed by atoms with van der Waals surface area (Å²) in [5.74, 6) is -0.133. The predicted molar refractivity (Wildman–Crippen MR) is 115 cm³/mol. The quantitative estimate of drug-likeness (QED) is 0.492. The Hall–Kier alpha value is -2.25. The van der Waals surface area contributed by atoms with Crippen LogP contribution in [0.2, 0.25) is 5.02 Å². The van der Waals surface area contributed by atoms with E-state index >= 15 is 0 Å². The second-order valence-electron chi connectivity index (χ2n) is 6.99. The molecule has 154 valence electrons. The molecular formula is C21H23ClN2O4S. The van der Waals surface area contributed by atoms with E-state index in [1.807, 2.05) is 6.92 Å². The highest BCUT2D eigenvalue weighted by atomic mass is 35.5. The molecule has 6 nitrogen and oxygen atoms in total. The molecule has 1 atom stereocenters. The Bertz CT molecular complexity index is 870. The standard InChI is InChI=1S/C21H23ClN2O4S/c1-3-10-28-17-8-7-15(11-16(17)22)12-18-20(26)24(21(27)29-18)13-19(25)23-9-5-4-6-14(23)2/h3,7-8,11-12,14H,1,4-6,9-10,13H2,2H3/b18-12-/t14-/m0/s1. The largest absolute Gasteiger partial charge is 0.488 e. The molecule has 3 amide bonds. The summed E-state index contributed by atoms with van der Waals surface area (Å²) in [7, 11) is 0. The maximum Gasteiger partial charge on any atom is 0.294 e. The van der Waals surface area contributed by atoms with Crippen molar-refractivity contribution in [1.29, 1.82) is 0 Å². The van der Waals surface area contributed by atoms with Crippen molar-refractivity contribution in [2.24, 2.45) is 0 Å². The average molecular weight is 435 g/mol. The molecule has 1 aromatic rings. The van der Waals surface area contributed by atoms with E-state index < -0.39 is 11.1 Å². The number of benzene rings is 1. The lowest BCUT2D eigenvalue weighted by molar-refractivity contribution is -0.138. The highest BCUT2D eigenvalue weighted by molar-refractivity contribution is 8.18. The van der Waals surface area contributed by atoms with Crippen LogP contribution in [0.3, 0.4) is 0 Å². The van der Waals surface area contributed by atoms with Crippen LogP contribution in [0.25, 0.3) is 6.08 Å². The van der Waals surface area contributed by atoms with E-state index in [4.69, 9.17) is 16.3 Å². The number of halogens is 1. The second kappa shape index (κ2) is 9.50. The monoisotopic (exact) mass is 434 g/mol. The Morgan fingerprint density at radius 3 is 2.86 bits per heavy atom. The van der Waals surface area contributed by atoms with Gasteiger partial charge in [-0.1, -0.05) is 30.3 Å². The van der Waals surface area contributed by atoms with Gasteiger partial charge in [0, 0.05) is 12.6 Å². The zero-order valence-corrected chi connectivity index (χ0v) is 17.8. The topological polar surface area (TPSA) is 66.9 Å². The van der Waals surface area contributed by atoms with Gasteiger partial charge in [0.1, 0.15) is 18.9 Å². The van der Waals surface area contributed by atoms with Gasteiger partial charge < -0.3 is 9.64 Å². The molecule has 2 saturated heterocycles. The summed E-state index contributed by atoms with van der Waals surface area (Å²) in [5, 5.41) is -0.0367. The summed E-state index contributed by atoms with van der Waals surface area (Å²) in [4.78, 5) is 40.7. The molecule has 0 bridgehead atoms. The molecule has 0 aliphatic carbocycles. The van der Waals surface area contributed by atoms with Gasteiger partial charge in [-0.2, -0.15) is 0 Å². The van der Waals surface area contributed by atoms with Crippen molar-refractivity contribution in [3.05, 3.63) is 46.3 Å². The van der Waals surface area contributed by atoms with Gasteiger partial charge in [-0.3, -0.25) is 19.3 Å². The third-order valence-corrected chi connectivity index (χ3v) is 6.10. The molecule has 0 aromatic heterocycles. The molecule has 0 N–H and O–H groups in total. The number of hydrogen-bond acceptors (Lipinski definition) is 5. The molecule has 0 spiro atoms. The molecular weight excluding hydrogens is 412 g/mol. The van der Waals surface area contributed by atoms with Gasteiger partial charge >= 0.3 is 0 Å². The first-order chi connectivity index (χ1) is 13.9. The zero-order chi connectivity index (χ0) is 21.0. The van der Waals surface area contributed by atoms with Crippen molar-refractivity contribution in [2.75, 3.05) is 19.7 Å². The first kappa shape index (κ1) is 21.5. The van der Waals surface area contributed by atoms with Crippen molar-refractivity contribution < 1.29 is 19.1 Å². The fraction of sp³-hybridized carbons (Fsp3) is 0.381. The molecule has 29 heavy (non-hydrogen) atoms. The Balaban J connectivity index is 1.70. The molecule has 8 heteroatoms. The third-order valence-electron chi connectivity index (χ3n) is 4.90. The van der Waals surface area contributed by atoms with Gasteiger partial charge in [0.15, 0.2) is 0 Å². The Kier molecular flexibility index (Phi) is 7.03. The van der Waals surface area contributed by atoms with Crippen LogP contribution in [-0.2, 0) is 9.59 Å². The van der Waals surface area contributed by atoms with Crippen LogP contribution in [0, 0.1) is 0 Å². The van der Waals surface area contributed by atoms with E-state index in [1.165, 1.54) is 0 Å². The molecule has 0 saturated carbocycles. The van der Waals surface area contributed by atoms with Crippen molar-refractivity contribution in [1.82, 2.24) is 9.80 Å². The van der Waals surface area contributed by atoms with E-state index in [9.17, 15) is 14.4 Å². The van der Waals surface area contributed by atoms with Gasteiger partial charge in [-0.15, -0.1) is 0 Å². The number of rotatable bonds is 6. The number of imide groups is 1. The normalized spacial score (nSPS) is 21.0. The number of thioether (sulfide) groups is 1. The molecule has 2 aliphatic heterocycles. The number of likely N-dealkylation sites (tertiary alicyclic amines) is 1. The highest BCUT2D eigenvalue weighted by Gasteiger charge is 2.37. The van der Waals surface area contributed by atoms with Gasteiger partial charge in [-0.25, -0.2) is 0 Å². The lowest BCUT2D eigenvalue weighted by atomic mass is 10.0. The summed E-state index contributed by atoms with van der Waals surface area (Å²) < 4.78 is 5.43. The lowest BCUT2D eigenvalue weighted by Crippen LogP contribution is -2.47. The van der Waals surface area contributed by atoms with E-state index in [0.717, 1.165) is 35.9 Å². The maximum atomic E-state index is 12.7. The van der Waals surface area contributed by atoms with E-state index in [-0.39, 0.29) is 23.4 Å². The Labute approximate surface area is 179 Å². The van der Waals surface area contributed by atoms with Crippen LogP contribution in [0.4, 0.5) is 4.79 Å². The zero-order valence-electron chi connectivity index (χ0n) is 16.2. The average Bonchev–Trinajstić information content (AvgIpc) is 2.95. The van der Waals surface area contributed by atoms with Crippen molar-refractivity contribution in [2.45, 2.75) is 32.2 Å². The summed E-state index contributed by atoms with van der Waals surface area (Å²) in [6, 6.07) is 5.24. The number of ether oxygens (including phenoxy) is 1. The summed E-state index contributed by atoms with van der Waals surface area (Å²) in [6.45, 7) is 6.37. The highest BCUT2D eigenvalue weighted by Crippen LogP contribution is 2.34. The fourth-order valence-electron chi connectivity index (χ4n) is 3.36. The van der Waals surface area contributed by atoms with Crippen LogP contribution < -0.4 is 4.74 Å². The molecule has 2 heterocycles. The van der Waals surface area contributed by atoms with Crippen molar-refractivity contribution >= 4 is 46.5 Å². The van der Waals surface area contributed by atoms with Gasteiger partial charge in [0.05, 0.1) is 9.93 Å². The van der Waals surface area contributed by atoms with Crippen molar-refractivity contribution in [3.63, 3.8) is 0 Å². The Morgan fingerprint density at radius 1 is 1.38 bits per heavy atom. The number of amides is 3. The molecule has 0 unspecified atom stereocenters. The first-order valence-electron chi connectivity index (χ1n) is 9.48. The SMILES string of the molecule is C=CCOc1ccc(/C=C2\SC(=O)N(CC(=O)N3CCCC[C@@H]3C)C2=O)cc1Cl. The molecule has 2 fully saturated rings. The number of nitrogens with zero attached hydrogens (tertiary/aromatic N) is 2. The minimum absolute atomic E-state index is 0.135. The predicted octanol–water partition coefficient (Wildman–Crippen LogP) is 4.34. The minimum atomic E-state index is -0.457. The van der Waals surface area contributed by atoms with E-state index in [2.05, 4.69) is 6.58 Å². The van der Waals surface area contributed by atoms with Crippen LogP contribution in [-0.4, -0.2) is 52.6 Å². The molecule has 2 aliphatic rings. The van der Waals surface area contributed by atoms with Crippen LogP contribution in [0.5, 0.6) is 5.75 Å². The van der Waals surface area contributed by atoms with Crippen LogP contribution >= 0.6 is 23.4 Å². The number of carbonyl (C=O) groups is 3. The third kappa shape index (κ3) is 5.03. The van der Waals surface area contributed by atoms with Crippen molar-refractivity contribution in [3.8, 4) is 5.75 Å². The smallest absolute Gasteiger partial charge is 0.294 e. The lowest BCUT2D eigenvalue weighted by Gasteiger charge is -2.34. The second-order valence-corrected chi connectivity index (χ2v) is 8.39. The summed E-state index contributed by atoms with van der Waals surface area (Å²) in [5.41, 5.74) is 0.669. The number of piperidine rings is 1. The summed E-state index contributed by atoms with van der Waals surface area (Å²) >= 11 is 7.04. The van der Waals surface area contributed by atoms with Crippen LogP contribution in [0.15, 0.2) is 35.8 Å². The van der Waals surface area contributed by atoms with Gasteiger partial charge in [-0.05, 0) is 61.7 Å². The number of hydrogen-bond donors (Lipinski definition) is 0. The van der Waals surface area contributed by atoms with E-state index in [0.29, 0.717) is 29.5 Å². The fourth-order valence-corrected chi connectivity index (χ4v) is 4.44. The van der Waals surface area contributed by atoms with E-state index in [1.54, 1.807) is 35.3 Å². The summed E-state index contributed by atoms with van der Waals surface area (Å²) in [6.07, 6.45) is 6.20. The Morgan fingerprint density at radius 2 is 2.17 bits per heavy atom. The van der Waals surface area contributed by atoms with Crippen LogP contribution in [0.1, 0.15) is 31.7 Å².